The summed E-state index contributed by atoms with van der Waals surface area (Å²) in [5, 5.41) is 0. The molecule has 3 aromatic carbocycles. The van der Waals surface area contributed by atoms with Crippen LogP contribution in [0.1, 0.15) is 23.1 Å². The molecule has 35 heavy (non-hydrogen) atoms. The first-order valence-corrected chi connectivity index (χ1v) is 11.9. The molecule has 0 aromatic heterocycles. The Labute approximate surface area is 206 Å². The van der Waals surface area contributed by atoms with E-state index in [2.05, 4.69) is 0 Å². The van der Waals surface area contributed by atoms with Gasteiger partial charge in [0.25, 0.3) is 0 Å². The highest BCUT2D eigenvalue weighted by molar-refractivity contribution is 5.74. The molecule has 0 N–H and O–H groups in total. The van der Waals surface area contributed by atoms with Crippen LogP contribution in [0.5, 0.6) is 0 Å². The van der Waals surface area contributed by atoms with E-state index in [9.17, 15) is 4.79 Å². The first-order chi connectivity index (χ1) is 17.2. The van der Waals surface area contributed by atoms with Gasteiger partial charge in [-0.1, -0.05) is 91.0 Å². The average Bonchev–Trinajstić information content (AvgIpc) is 2.92. The monoisotopic (exact) mass is 476 g/mol. The third-order valence-corrected chi connectivity index (χ3v) is 5.97. The highest BCUT2D eigenvalue weighted by atomic mass is 16.6. The van der Waals surface area contributed by atoms with Gasteiger partial charge in [0.15, 0.2) is 6.10 Å². The van der Waals surface area contributed by atoms with Gasteiger partial charge in [0.05, 0.1) is 39.6 Å². The molecular weight excluding hydrogens is 444 g/mol. The van der Waals surface area contributed by atoms with E-state index in [4.69, 9.17) is 23.7 Å². The zero-order valence-electron chi connectivity index (χ0n) is 20.0. The molecule has 3 aromatic rings. The molecule has 184 valence electrons. The Morgan fingerprint density at radius 3 is 1.83 bits per heavy atom. The lowest BCUT2D eigenvalue weighted by Crippen LogP contribution is -2.54. The van der Waals surface area contributed by atoms with Gasteiger partial charge >= 0.3 is 5.97 Å². The number of carbonyl (C=O) groups is 1. The van der Waals surface area contributed by atoms with Crippen molar-refractivity contribution in [3.63, 3.8) is 0 Å². The van der Waals surface area contributed by atoms with Crippen LogP contribution in [0.15, 0.2) is 91.0 Å². The van der Waals surface area contributed by atoms with Gasteiger partial charge in [-0.25, -0.2) is 4.79 Å². The van der Waals surface area contributed by atoms with E-state index >= 15 is 0 Å². The standard InChI is InChI=1S/C29H32O6/c1-31-29(30)26-17-25(33-19-23-13-7-3-8-14-23)28(34-20-24-15-9-4-10-16-24)27(35-26)21-32-18-22-11-5-2-6-12-22/h2-16,25-28H,17-21H2,1H3/t25-,26-,27+,28-/m0/s1. The lowest BCUT2D eigenvalue weighted by Gasteiger charge is -2.40. The Morgan fingerprint density at radius 2 is 1.29 bits per heavy atom. The summed E-state index contributed by atoms with van der Waals surface area (Å²) in [6, 6.07) is 29.8. The summed E-state index contributed by atoms with van der Waals surface area (Å²) < 4.78 is 29.8. The summed E-state index contributed by atoms with van der Waals surface area (Å²) in [4.78, 5) is 12.4. The quantitative estimate of drug-likeness (QED) is 0.374. The van der Waals surface area contributed by atoms with E-state index in [1.807, 2.05) is 91.0 Å². The molecule has 1 aliphatic rings. The van der Waals surface area contributed by atoms with Crippen LogP contribution in [0.3, 0.4) is 0 Å². The predicted molar refractivity (Wildman–Crippen MR) is 131 cm³/mol. The van der Waals surface area contributed by atoms with Crippen LogP contribution in [0, 0.1) is 0 Å². The highest BCUT2D eigenvalue weighted by Crippen LogP contribution is 2.28. The van der Waals surface area contributed by atoms with Crippen molar-refractivity contribution in [1.29, 1.82) is 0 Å². The van der Waals surface area contributed by atoms with Gasteiger partial charge in [-0.15, -0.1) is 0 Å². The van der Waals surface area contributed by atoms with Crippen molar-refractivity contribution < 1.29 is 28.5 Å². The van der Waals surface area contributed by atoms with Gasteiger partial charge < -0.3 is 23.7 Å². The number of benzene rings is 3. The lowest BCUT2D eigenvalue weighted by atomic mass is 9.97. The molecule has 6 heteroatoms. The minimum atomic E-state index is -0.748. The van der Waals surface area contributed by atoms with Crippen LogP contribution in [-0.2, 0) is 48.3 Å². The number of carbonyl (C=O) groups excluding carboxylic acids is 1. The summed E-state index contributed by atoms with van der Waals surface area (Å²) in [6.45, 7) is 1.50. The third kappa shape index (κ3) is 7.47. The normalized spacial score (nSPS) is 22.0. The van der Waals surface area contributed by atoms with Crippen molar-refractivity contribution in [2.45, 2.75) is 50.7 Å². The highest BCUT2D eigenvalue weighted by Gasteiger charge is 2.43. The van der Waals surface area contributed by atoms with Gasteiger partial charge in [-0.05, 0) is 16.7 Å². The van der Waals surface area contributed by atoms with Crippen LogP contribution < -0.4 is 0 Å². The first-order valence-electron chi connectivity index (χ1n) is 11.9. The Hall–Kier alpha value is -3.03. The molecule has 6 nitrogen and oxygen atoms in total. The topological polar surface area (TPSA) is 63.2 Å². The molecule has 1 saturated heterocycles. The van der Waals surface area contributed by atoms with Crippen LogP contribution in [0.25, 0.3) is 0 Å². The number of methoxy groups -OCH3 is 1. The van der Waals surface area contributed by atoms with Gasteiger partial charge in [0.2, 0.25) is 0 Å². The fourth-order valence-electron chi connectivity index (χ4n) is 4.13. The lowest BCUT2D eigenvalue weighted by molar-refractivity contribution is -0.226. The van der Waals surface area contributed by atoms with E-state index < -0.39 is 24.3 Å². The number of esters is 1. The zero-order chi connectivity index (χ0) is 24.3. The van der Waals surface area contributed by atoms with Crippen LogP contribution in [0.4, 0.5) is 0 Å². The fraction of sp³-hybridized carbons (Fsp3) is 0.345. The zero-order valence-corrected chi connectivity index (χ0v) is 20.0. The summed E-state index contributed by atoms with van der Waals surface area (Å²) in [5.74, 6) is -0.423. The third-order valence-electron chi connectivity index (χ3n) is 5.97. The van der Waals surface area contributed by atoms with Crippen molar-refractivity contribution in [3.8, 4) is 0 Å². The Bertz CT molecular complexity index is 1010. The van der Waals surface area contributed by atoms with Crippen molar-refractivity contribution in [3.05, 3.63) is 108 Å². The predicted octanol–water partition coefficient (Wildman–Crippen LogP) is 4.70. The van der Waals surface area contributed by atoms with Crippen LogP contribution in [0.2, 0.25) is 0 Å². The Kier molecular flexibility index (Phi) is 9.43. The average molecular weight is 477 g/mol. The van der Waals surface area contributed by atoms with E-state index in [1.54, 1.807) is 0 Å². The molecule has 0 unspecified atom stereocenters. The minimum Gasteiger partial charge on any atom is -0.467 e. The molecule has 4 atom stereocenters. The Balaban J connectivity index is 1.49. The Morgan fingerprint density at radius 1 is 0.771 bits per heavy atom. The molecule has 1 heterocycles. The number of hydrogen-bond donors (Lipinski definition) is 0. The molecule has 0 radical (unpaired) electrons. The second-order valence-corrected chi connectivity index (χ2v) is 8.52. The summed E-state index contributed by atoms with van der Waals surface area (Å²) in [7, 11) is 1.37. The molecule has 0 bridgehead atoms. The van der Waals surface area contributed by atoms with Gasteiger partial charge in [0, 0.05) is 6.42 Å². The smallest absolute Gasteiger partial charge is 0.335 e. The largest absolute Gasteiger partial charge is 0.467 e. The maximum atomic E-state index is 12.4. The summed E-state index contributed by atoms with van der Waals surface area (Å²) in [5.41, 5.74) is 3.16. The molecule has 0 aliphatic carbocycles. The fourth-order valence-corrected chi connectivity index (χ4v) is 4.13. The molecule has 1 aliphatic heterocycles. The maximum Gasteiger partial charge on any atom is 0.335 e. The molecule has 4 rings (SSSR count). The molecular formula is C29H32O6. The van der Waals surface area contributed by atoms with Gasteiger partial charge in [-0.3, -0.25) is 0 Å². The van der Waals surface area contributed by atoms with Gasteiger partial charge in [0.1, 0.15) is 12.2 Å². The van der Waals surface area contributed by atoms with E-state index in [1.165, 1.54) is 7.11 Å². The van der Waals surface area contributed by atoms with E-state index in [0.717, 1.165) is 16.7 Å². The van der Waals surface area contributed by atoms with E-state index in [0.29, 0.717) is 26.2 Å². The van der Waals surface area contributed by atoms with Crippen molar-refractivity contribution in [2.24, 2.45) is 0 Å². The minimum absolute atomic E-state index is 0.257. The van der Waals surface area contributed by atoms with Crippen LogP contribution >= 0.6 is 0 Å². The van der Waals surface area contributed by atoms with Gasteiger partial charge in [-0.2, -0.15) is 0 Å². The van der Waals surface area contributed by atoms with Crippen LogP contribution in [-0.4, -0.2) is 44.1 Å². The number of hydrogen-bond acceptors (Lipinski definition) is 6. The van der Waals surface area contributed by atoms with Crippen molar-refractivity contribution in [2.75, 3.05) is 13.7 Å². The molecule has 0 amide bonds. The first kappa shape index (κ1) is 25.1. The molecule has 1 fully saturated rings. The summed E-state index contributed by atoms with van der Waals surface area (Å²) >= 11 is 0. The van der Waals surface area contributed by atoms with Crippen molar-refractivity contribution in [1.82, 2.24) is 0 Å². The number of rotatable bonds is 11. The summed E-state index contributed by atoms with van der Waals surface area (Å²) in [6.07, 6.45) is -1.70. The maximum absolute atomic E-state index is 12.4. The molecule has 0 saturated carbocycles. The van der Waals surface area contributed by atoms with E-state index in [-0.39, 0.29) is 12.7 Å². The number of ether oxygens (including phenoxy) is 5. The van der Waals surface area contributed by atoms with Crippen molar-refractivity contribution >= 4 is 5.97 Å². The SMILES string of the molecule is COC(=O)[C@@H]1C[C@H](OCc2ccccc2)[C@H](OCc2ccccc2)[C@@H](COCc2ccccc2)O1. The second-order valence-electron chi connectivity index (χ2n) is 8.52. The second kappa shape index (κ2) is 13.2. The molecule has 0 spiro atoms.